The maximum absolute atomic E-state index is 11.7. The molecule has 1 aliphatic heterocycles. The van der Waals surface area contributed by atoms with Crippen LogP contribution in [-0.4, -0.2) is 20.1 Å². The van der Waals surface area contributed by atoms with Crippen molar-refractivity contribution in [2.75, 3.05) is 19.0 Å². The van der Waals surface area contributed by atoms with Crippen LogP contribution in [-0.2, 0) is 4.74 Å². The topological polar surface area (TPSA) is 29.5 Å². The average molecular weight is 291 g/mol. The van der Waals surface area contributed by atoms with Gasteiger partial charge < -0.3 is 9.64 Å². The summed E-state index contributed by atoms with van der Waals surface area (Å²) in [6.45, 7) is 0. The molecule has 3 nitrogen and oxygen atoms in total. The van der Waals surface area contributed by atoms with Crippen LogP contribution in [0.4, 0.5) is 5.69 Å². The van der Waals surface area contributed by atoms with Crippen LogP contribution in [0.15, 0.2) is 60.7 Å². The molecular formula is C19H17NO2. The summed E-state index contributed by atoms with van der Waals surface area (Å²) in [5.74, 6) is 0.312. The number of esters is 1. The van der Waals surface area contributed by atoms with Crippen LogP contribution in [0.3, 0.4) is 0 Å². The summed E-state index contributed by atoms with van der Waals surface area (Å²) in [5.41, 5.74) is 3.73. The fourth-order valence-electron chi connectivity index (χ4n) is 2.34. The zero-order chi connectivity index (χ0) is 15.5. The van der Waals surface area contributed by atoms with Crippen molar-refractivity contribution in [1.82, 2.24) is 0 Å². The molecule has 0 saturated carbocycles. The lowest BCUT2D eigenvalue weighted by Crippen LogP contribution is -2.07. The molecule has 0 radical (unpaired) electrons. The molecule has 0 bridgehead atoms. The Bertz CT molecular complexity index is 755. The fraction of sp³-hybridized carbons (Fsp3) is 0.105. The van der Waals surface area contributed by atoms with Gasteiger partial charge in [0.05, 0.1) is 5.56 Å². The zero-order valence-electron chi connectivity index (χ0n) is 12.6. The Morgan fingerprint density at radius 2 is 1.64 bits per heavy atom. The van der Waals surface area contributed by atoms with Gasteiger partial charge in [0.15, 0.2) is 0 Å². The molecule has 0 aromatic heterocycles. The minimum Gasteiger partial charge on any atom is -0.422 e. The maximum Gasteiger partial charge on any atom is 0.344 e. The van der Waals surface area contributed by atoms with Crippen LogP contribution < -0.4 is 4.90 Å². The predicted octanol–water partition coefficient (Wildman–Crippen LogP) is 3.98. The Balaban J connectivity index is 1.78. The molecule has 0 aliphatic carbocycles. The van der Waals surface area contributed by atoms with E-state index >= 15 is 0 Å². The Morgan fingerprint density at radius 1 is 0.955 bits per heavy atom. The number of rotatable bonds is 3. The fourth-order valence-corrected chi connectivity index (χ4v) is 2.34. The Kier molecular flexibility index (Phi) is 3.79. The molecule has 1 heterocycles. The second kappa shape index (κ2) is 5.90. The number of benzene rings is 2. The highest BCUT2D eigenvalue weighted by atomic mass is 16.5. The van der Waals surface area contributed by atoms with Gasteiger partial charge in [-0.1, -0.05) is 42.5 Å². The van der Waals surface area contributed by atoms with Crippen molar-refractivity contribution in [3.8, 4) is 0 Å². The summed E-state index contributed by atoms with van der Waals surface area (Å²) < 4.78 is 5.28. The molecule has 0 N–H and O–H groups in total. The number of fused-ring (bicyclic) bond motifs is 1. The number of hydrogen-bond acceptors (Lipinski definition) is 3. The van der Waals surface area contributed by atoms with E-state index in [0.717, 1.165) is 16.8 Å². The minimum atomic E-state index is -0.286. The largest absolute Gasteiger partial charge is 0.422 e. The third-order valence-electron chi connectivity index (χ3n) is 3.56. The van der Waals surface area contributed by atoms with Gasteiger partial charge in [0.1, 0.15) is 5.76 Å². The number of hydrogen-bond donors (Lipinski definition) is 0. The van der Waals surface area contributed by atoms with Gasteiger partial charge >= 0.3 is 5.97 Å². The normalized spacial score (nSPS) is 15.2. The quantitative estimate of drug-likeness (QED) is 0.801. The number of nitrogens with zero attached hydrogens (tertiary/aromatic N) is 1. The van der Waals surface area contributed by atoms with Gasteiger partial charge in [-0.15, -0.1) is 0 Å². The standard InChI is InChI=1S/C19H17NO2/c1-20(2)15-12-10-14(11-13-15)6-5-9-18-16-7-3-4-8-17(16)19(21)22-18/h3-13H,1-2H3/b6-5+,18-9+. The van der Waals surface area contributed by atoms with Crippen molar-refractivity contribution < 1.29 is 9.53 Å². The number of allylic oxidation sites excluding steroid dienone is 2. The Hall–Kier alpha value is -2.81. The second-order valence-corrected chi connectivity index (χ2v) is 5.31. The summed E-state index contributed by atoms with van der Waals surface area (Å²) >= 11 is 0. The predicted molar refractivity (Wildman–Crippen MR) is 89.6 cm³/mol. The van der Waals surface area contributed by atoms with E-state index in [1.165, 1.54) is 0 Å². The summed E-state index contributed by atoms with van der Waals surface area (Å²) in [7, 11) is 4.03. The lowest BCUT2D eigenvalue weighted by Gasteiger charge is -2.11. The lowest BCUT2D eigenvalue weighted by molar-refractivity contribution is 0.0716. The van der Waals surface area contributed by atoms with E-state index in [1.807, 2.05) is 50.5 Å². The van der Waals surface area contributed by atoms with Crippen LogP contribution in [0.1, 0.15) is 21.5 Å². The van der Waals surface area contributed by atoms with E-state index in [0.29, 0.717) is 11.3 Å². The van der Waals surface area contributed by atoms with Gasteiger partial charge in [-0.05, 0) is 29.8 Å². The second-order valence-electron chi connectivity index (χ2n) is 5.31. The molecular weight excluding hydrogens is 274 g/mol. The summed E-state index contributed by atoms with van der Waals surface area (Å²) in [5, 5.41) is 0. The van der Waals surface area contributed by atoms with Gasteiger partial charge in [0.25, 0.3) is 0 Å². The summed E-state index contributed by atoms with van der Waals surface area (Å²) in [4.78, 5) is 13.8. The van der Waals surface area contributed by atoms with Crippen molar-refractivity contribution >= 4 is 23.5 Å². The third kappa shape index (κ3) is 2.79. The number of anilines is 1. The number of ether oxygens (including phenoxy) is 1. The first-order valence-corrected chi connectivity index (χ1v) is 7.12. The number of carbonyl (C=O) groups excluding carboxylic acids is 1. The van der Waals surface area contributed by atoms with Gasteiger partial charge in [0, 0.05) is 25.3 Å². The summed E-state index contributed by atoms with van der Waals surface area (Å²) in [6, 6.07) is 15.7. The van der Waals surface area contributed by atoms with Crippen molar-refractivity contribution in [3.63, 3.8) is 0 Å². The molecule has 1 aliphatic rings. The van der Waals surface area contributed by atoms with Crippen molar-refractivity contribution in [2.45, 2.75) is 0 Å². The smallest absolute Gasteiger partial charge is 0.344 e. The summed E-state index contributed by atoms with van der Waals surface area (Å²) in [6.07, 6.45) is 5.71. The molecule has 2 aromatic rings. The highest BCUT2D eigenvalue weighted by Gasteiger charge is 2.24. The van der Waals surface area contributed by atoms with Gasteiger partial charge in [0.2, 0.25) is 0 Å². The average Bonchev–Trinajstić information content (AvgIpc) is 2.85. The van der Waals surface area contributed by atoms with Crippen LogP contribution in [0.25, 0.3) is 11.8 Å². The molecule has 22 heavy (non-hydrogen) atoms. The van der Waals surface area contributed by atoms with Crippen LogP contribution in [0.5, 0.6) is 0 Å². The Morgan fingerprint density at radius 3 is 2.32 bits per heavy atom. The monoisotopic (exact) mass is 291 g/mol. The van der Waals surface area contributed by atoms with Crippen molar-refractivity contribution in [3.05, 3.63) is 77.4 Å². The molecule has 0 amide bonds. The molecule has 3 rings (SSSR count). The highest BCUT2D eigenvalue weighted by molar-refractivity contribution is 6.03. The minimum absolute atomic E-state index is 0.286. The van der Waals surface area contributed by atoms with E-state index in [1.54, 1.807) is 6.07 Å². The first-order valence-electron chi connectivity index (χ1n) is 7.12. The number of carbonyl (C=O) groups is 1. The van der Waals surface area contributed by atoms with Gasteiger partial charge in [-0.3, -0.25) is 0 Å². The van der Waals surface area contributed by atoms with Crippen LogP contribution >= 0.6 is 0 Å². The zero-order valence-corrected chi connectivity index (χ0v) is 12.6. The molecule has 0 unspecified atom stereocenters. The molecule has 110 valence electrons. The molecule has 3 heteroatoms. The third-order valence-corrected chi connectivity index (χ3v) is 3.56. The first-order chi connectivity index (χ1) is 10.6. The first kappa shape index (κ1) is 14.1. The molecule has 0 fully saturated rings. The molecule has 0 spiro atoms. The number of cyclic esters (lactones) is 1. The van der Waals surface area contributed by atoms with E-state index in [-0.39, 0.29) is 5.97 Å². The SMILES string of the molecule is CN(C)c1ccc(/C=C/C=C2/OC(=O)c3ccccc32)cc1. The Labute approximate surface area is 130 Å². The van der Waals surface area contributed by atoms with E-state index < -0.39 is 0 Å². The van der Waals surface area contributed by atoms with E-state index in [4.69, 9.17) is 4.74 Å². The molecule has 0 atom stereocenters. The van der Waals surface area contributed by atoms with Gasteiger partial charge in [-0.2, -0.15) is 0 Å². The van der Waals surface area contributed by atoms with E-state index in [2.05, 4.69) is 29.2 Å². The van der Waals surface area contributed by atoms with Crippen LogP contribution in [0.2, 0.25) is 0 Å². The van der Waals surface area contributed by atoms with Gasteiger partial charge in [-0.25, -0.2) is 4.79 Å². The van der Waals surface area contributed by atoms with Crippen molar-refractivity contribution in [2.24, 2.45) is 0 Å². The maximum atomic E-state index is 11.7. The highest BCUT2D eigenvalue weighted by Crippen LogP contribution is 2.29. The van der Waals surface area contributed by atoms with Crippen molar-refractivity contribution in [1.29, 1.82) is 0 Å². The molecule has 0 saturated heterocycles. The lowest BCUT2D eigenvalue weighted by atomic mass is 10.1. The molecule has 2 aromatic carbocycles. The van der Waals surface area contributed by atoms with E-state index in [9.17, 15) is 4.79 Å². The van der Waals surface area contributed by atoms with Crippen LogP contribution in [0, 0.1) is 0 Å².